The molecule has 2 aromatic rings. The van der Waals surface area contributed by atoms with Crippen LogP contribution in [-0.4, -0.2) is 4.98 Å². The molecule has 2 rings (SSSR count). The van der Waals surface area contributed by atoms with Crippen LogP contribution in [0, 0.1) is 36.5 Å². The predicted octanol–water partition coefficient (Wildman–Crippen LogP) is 2.82. The van der Waals surface area contributed by atoms with Gasteiger partial charge >= 0.3 is 0 Å². The Morgan fingerprint density at radius 2 is 1.80 bits per heavy atom. The van der Waals surface area contributed by atoms with Gasteiger partial charge < -0.3 is 10.5 Å². The highest BCUT2D eigenvalue weighted by Gasteiger charge is 2.12. The highest BCUT2D eigenvalue weighted by atomic mass is 16.5. The molecule has 0 saturated carbocycles. The summed E-state index contributed by atoms with van der Waals surface area (Å²) in [4.78, 5) is 4.04. The molecular formula is C15H12N4O. The molecule has 0 fully saturated rings. The highest BCUT2D eigenvalue weighted by molar-refractivity contribution is 5.61. The number of aryl methyl sites for hydroxylation is 2. The molecular weight excluding hydrogens is 252 g/mol. The summed E-state index contributed by atoms with van der Waals surface area (Å²) in [6.07, 6.45) is 1.47. The Hall–Kier alpha value is -3.05. The van der Waals surface area contributed by atoms with Crippen LogP contribution in [0.15, 0.2) is 24.4 Å². The van der Waals surface area contributed by atoms with Crippen LogP contribution >= 0.6 is 0 Å². The van der Waals surface area contributed by atoms with E-state index in [9.17, 15) is 0 Å². The van der Waals surface area contributed by atoms with Crippen LogP contribution in [-0.2, 0) is 0 Å². The summed E-state index contributed by atoms with van der Waals surface area (Å²) in [5.41, 5.74) is 8.55. The summed E-state index contributed by atoms with van der Waals surface area (Å²) in [5.74, 6) is 0.790. The third-order valence-corrected chi connectivity index (χ3v) is 2.86. The number of rotatable bonds is 2. The van der Waals surface area contributed by atoms with E-state index in [2.05, 4.69) is 11.1 Å². The number of nitriles is 2. The maximum absolute atomic E-state index is 8.94. The number of pyridine rings is 1. The van der Waals surface area contributed by atoms with Gasteiger partial charge in [-0.2, -0.15) is 10.5 Å². The van der Waals surface area contributed by atoms with Gasteiger partial charge in [-0.05, 0) is 43.2 Å². The molecule has 0 radical (unpaired) electrons. The van der Waals surface area contributed by atoms with Gasteiger partial charge in [0.1, 0.15) is 17.5 Å². The number of nitrogens with two attached hydrogens (primary N) is 1. The summed E-state index contributed by atoms with van der Waals surface area (Å²) < 4.78 is 5.72. The van der Waals surface area contributed by atoms with Gasteiger partial charge in [-0.25, -0.2) is 4.98 Å². The summed E-state index contributed by atoms with van der Waals surface area (Å²) in [7, 11) is 0. The van der Waals surface area contributed by atoms with E-state index in [1.807, 2.05) is 19.9 Å². The first-order chi connectivity index (χ1) is 9.56. The van der Waals surface area contributed by atoms with Crippen molar-refractivity contribution in [1.82, 2.24) is 4.98 Å². The van der Waals surface area contributed by atoms with Crippen molar-refractivity contribution < 1.29 is 4.74 Å². The number of nitrogens with zero attached hydrogens (tertiary/aromatic N) is 3. The number of ether oxygens (including phenoxy) is 1. The Labute approximate surface area is 116 Å². The van der Waals surface area contributed by atoms with Crippen molar-refractivity contribution in [3.05, 3.63) is 46.6 Å². The Morgan fingerprint density at radius 1 is 1.15 bits per heavy atom. The molecule has 98 valence electrons. The molecule has 1 aromatic heterocycles. The fourth-order valence-corrected chi connectivity index (χ4v) is 1.91. The molecule has 2 N–H and O–H groups in total. The van der Waals surface area contributed by atoms with Crippen LogP contribution in [0.3, 0.4) is 0 Å². The van der Waals surface area contributed by atoms with Gasteiger partial charge in [0.05, 0.1) is 17.2 Å². The van der Waals surface area contributed by atoms with Gasteiger partial charge in [0, 0.05) is 6.20 Å². The molecule has 5 heteroatoms. The maximum Gasteiger partial charge on any atom is 0.244 e. The van der Waals surface area contributed by atoms with E-state index in [0.29, 0.717) is 16.9 Å². The minimum Gasteiger partial charge on any atom is -0.436 e. The SMILES string of the molecule is Cc1cc(C#N)cc(C)c1Oc1nccc(C#N)c1N. The van der Waals surface area contributed by atoms with Crippen molar-refractivity contribution in [2.24, 2.45) is 0 Å². The highest BCUT2D eigenvalue weighted by Crippen LogP contribution is 2.32. The Balaban J connectivity index is 2.47. The molecule has 0 spiro atoms. The average Bonchev–Trinajstić information content (AvgIpc) is 2.44. The third kappa shape index (κ3) is 2.38. The molecule has 0 saturated heterocycles. The lowest BCUT2D eigenvalue weighted by molar-refractivity contribution is 0.458. The molecule has 20 heavy (non-hydrogen) atoms. The van der Waals surface area contributed by atoms with Gasteiger partial charge in [0.2, 0.25) is 5.88 Å². The van der Waals surface area contributed by atoms with Crippen molar-refractivity contribution >= 4 is 5.69 Å². The van der Waals surface area contributed by atoms with Crippen molar-refractivity contribution in [1.29, 1.82) is 10.5 Å². The van der Waals surface area contributed by atoms with Gasteiger partial charge in [-0.15, -0.1) is 0 Å². The zero-order valence-electron chi connectivity index (χ0n) is 11.1. The largest absolute Gasteiger partial charge is 0.436 e. The molecule has 0 unspecified atom stereocenters. The third-order valence-electron chi connectivity index (χ3n) is 2.86. The van der Waals surface area contributed by atoms with Crippen molar-refractivity contribution in [3.63, 3.8) is 0 Å². The first-order valence-electron chi connectivity index (χ1n) is 5.90. The first kappa shape index (κ1) is 13.4. The molecule has 0 aliphatic carbocycles. The fraction of sp³-hybridized carbons (Fsp3) is 0.133. The second kappa shape index (κ2) is 5.29. The Kier molecular flexibility index (Phi) is 3.54. The van der Waals surface area contributed by atoms with Crippen molar-refractivity contribution in [2.45, 2.75) is 13.8 Å². The number of hydrogen-bond acceptors (Lipinski definition) is 5. The van der Waals surface area contributed by atoms with E-state index >= 15 is 0 Å². The maximum atomic E-state index is 8.94. The number of anilines is 1. The quantitative estimate of drug-likeness (QED) is 0.899. The second-order valence-corrected chi connectivity index (χ2v) is 4.34. The van der Waals surface area contributed by atoms with E-state index in [-0.39, 0.29) is 11.6 Å². The normalized spacial score (nSPS) is 9.60. The number of benzene rings is 1. The number of hydrogen-bond donors (Lipinski definition) is 1. The minimum absolute atomic E-state index is 0.194. The standard InChI is InChI=1S/C15H12N4O/c1-9-5-11(7-16)6-10(2)14(9)20-15-13(18)12(8-17)3-4-19-15/h3-6H,18H2,1-2H3. The summed E-state index contributed by atoms with van der Waals surface area (Å²) in [6.45, 7) is 3.68. The van der Waals surface area contributed by atoms with Gasteiger partial charge in [0.15, 0.2) is 0 Å². The molecule has 0 amide bonds. The van der Waals surface area contributed by atoms with E-state index in [1.54, 1.807) is 12.1 Å². The second-order valence-electron chi connectivity index (χ2n) is 4.34. The topological polar surface area (TPSA) is 95.7 Å². The molecule has 5 nitrogen and oxygen atoms in total. The predicted molar refractivity (Wildman–Crippen MR) is 74.1 cm³/mol. The molecule has 1 aromatic carbocycles. The Bertz CT molecular complexity index is 730. The van der Waals surface area contributed by atoms with E-state index < -0.39 is 0 Å². The van der Waals surface area contributed by atoms with Crippen LogP contribution in [0.25, 0.3) is 0 Å². The van der Waals surface area contributed by atoms with Crippen LogP contribution in [0.5, 0.6) is 11.6 Å². The molecule has 0 atom stereocenters. The first-order valence-corrected chi connectivity index (χ1v) is 5.90. The van der Waals surface area contributed by atoms with E-state index in [4.69, 9.17) is 21.0 Å². The van der Waals surface area contributed by atoms with Gasteiger partial charge in [-0.1, -0.05) is 0 Å². The van der Waals surface area contributed by atoms with E-state index in [1.165, 1.54) is 12.3 Å². The van der Waals surface area contributed by atoms with Crippen molar-refractivity contribution in [3.8, 4) is 23.8 Å². The number of aromatic nitrogens is 1. The average molecular weight is 264 g/mol. The molecule has 0 aliphatic heterocycles. The summed E-state index contributed by atoms with van der Waals surface area (Å²) in [5, 5.41) is 17.9. The van der Waals surface area contributed by atoms with Crippen molar-refractivity contribution in [2.75, 3.05) is 5.73 Å². The van der Waals surface area contributed by atoms with Gasteiger partial charge in [0.25, 0.3) is 0 Å². The minimum atomic E-state index is 0.194. The number of nitrogen functional groups attached to an aromatic ring is 1. The zero-order valence-corrected chi connectivity index (χ0v) is 11.1. The monoisotopic (exact) mass is 264 g/mol. The fourth-order valence-electron chi connectivity index (χ4n) is 1.91. The van der Waals surface area contributed by atoms with Crippen LogP contribution < -0.4 is 10.5 Å². The lowest BCUT2D eigenvalue weighted by Crippen LogP contribution is -2.00. The van der Waals surface area contributed by atoms with Crippen LogP contribution in [0.2, 0.25) is 0 Å². The zero-order chi connectivity index (χ0) is 14.7. The Morgan fingerprint density at radius 3 is 2.35 bits per heavy atom. The lowest BCUT2D eigenvalue weighted by atomic mass is 10.1. The van der Waals surface area contributed by atoms with E-state index in [0.717, 1.165) is 11.1 Å². The smallest absolute Gasteiger partial charge is 0.244 e. The molecule has 1 heterocycles. The van der Waals surface area contributed by atoms with Crippen LogP contribution in [0.1, 0.15) is 22.3 Å². The van der Waals surface area contributed by atoms with Gasteiger partial charge in [-0.3, -0.25) is 0 Å². The van der Waals surface area contributed by atoms with Crippen LogP contribution in [0.4, 0.5) is 5.69 Å². The molecule has 0 aliphatic rings. The lowest BCUT2D eigenvalue weighted by Gasteiger charge is -2.13. The molecule has 0 bridgehead atoms. The summed E-state index contributed by atoms with van der Waals surface area (Å²) in [6, 6.07) is 9.06. The summed E-state index contributed by atoms with van der Waals surface area (Å²) >= 11 is 0.